The van der Waals surface area contributed by atoms with Gasteiger partial charge < -0.3 is 20.1 Å². The standard InChI is InChI=1S/C28H36N2O5/c1-5-19(14-15-25(31)30(16-26(32)33)18-28(2,3)4)29-27(34)35-17-24-22-12-8-6-10-20(22)21-11-7-9-13-23(21)24/h6-13,19,24H,5,14-18H2,1-4H3,(H,29,34)(H,32,33). The average molecular weight is 481 g/mol. The van der Waals surface area contributed by atoms with Gasteiger partial charge in [-0.15, -0.1) is 0 Å². The van der Waals surface area contributed by atoms with E-state index in [0.717, 1.165) is 11.1 Å². The Labute approximate surface area is 207 Å². The van der Waals surface area contributed by atoms with Gasteiger partial charge in [-0.05, 0) is 40.5 Å². The quantitative estimate of drug-likeness (QED) is 0.496. The number of fused-ring (bicyclic) bond motifs is 3. The number of carbonyl (C=O) groups excluding carboxylic acids is 2. The number of hydrogen-bond acceptors (Lipinski definition) is 4. The molecule has 7 heteroatoms. The Morgan fingerprint density at radius 1 is 1.03 bits per heavy atom. The van der Waals surface area contributed by atoms with Crippen molar-refractivity contribution in [3.63, 3.8) is 0 Å². The van der Waals surface area contributed by atoms with Gasteiger partial charge in [-0.3, -0.25) is 9.59 Å². The molecule has 0 saturated heterocycles. The molecule has 188 valence electrons. The molecule has 0 saturated carbocycles. The van der Waals surface area contributed by atoms with Crippen LogP contribution in [0.5, 0.6) is 0 Å². The summed E-state index contributed by atoms with van der Waals surface area (Å²) in [6.45, 7) is 8.08. The Hall–Kier alpha value is -3.35. The van der Waals surface area contributed by atoms with E-state index in [2.05, 4.69) is 29.6 Å². The lowest BCUT2D eigenvalue weighted by Crippen LogP contribution is -2.42. The van der Waals surface area contributed by atoms with Gasteiger partial charge in [-0.1, -0.05) is 76.2 Å². The summed E-state index contributed by atoms with van der Waals surface area (Å²) in [7, 11) is 0. The zero-order valence-electron chi connectivity index (χ0n) is 21.0. The van der Waals surface area contributed by atoms with E-state index in [4.69, 9.17) is 4.74 Å². The predicted molar refractivity (Wildman–Crippen MR) is 135 cm³/mol. The van der Waals surface area contributed by atoms with Crippen LogP contribution in [-0.2, 0) is 14.3 Å². The van der Waals surface area contributed by atoms with Crippen molar-refractivity contribution in [3.05, 3.63) is 59.7 Å². The number of carboxylic acid groups (broad SMARTS) is 1. The van der Waals surface area contributed by atoms with Crippen LogP contribution in [0.15, 0.2) is 48.5 Å². The number of nitrogens with one attached hydrogen (secondary N) is 1. The normalized spacial score (nSPS) is 13.5. The summed E-state index contributed by atoms with van der Waals surface area (Å²) in [5.41, 5.74) is 4.42. The third kappa shape index (κ3) is 7.07. The SMILES string of the molecule is CCC(CCC(=O)N(CC(=O)O)CC(C)(C)C)NC(=O)OCC1c2ccccc2-c2ccccc21. The third-order valence-corrected chi connectivity index (χ3v) is 6.21. The van der Waals surface area contributed by atoms with E-state index in [1.165, 1.54) is 16.0 Å². The molecule has 1 unspecified atom stereocenters. The van der Waals surface area contributed by atoms with Gasteiger partial charge in [0, 0.05) is 24.9 Å². The molecule has 3 rings (SSSR count). The number of hydrogen-bond donors (Lipinski definition) is 2. The molecule has 0 bridgehead atoms. The van der Waals surface area contributed by atoms with Crippen LogP contribution in [0.2, 0.25) is 0 Å². The molecule has 0 spiro atoms. The van der Waals surface area contributed by atoms with Gasteiger partial charge in [0.15, 0.2) is 0 Å². The van der Waals surface area contributed by atoms with Gasteiger partial charge in [-0.2, -0.15) is 0 Å². The van der Waals surface area contributed by atoms with Crippen molar-refractivity contribution >= 4 is 18.0 Å². The molecule has 7 nitrogen and oxygen atoms in total. The van der Waals surface area contributed by atoms with Crippen molar-refractivity contribution in [1.82, 2.24) is 10.2 Å². The minimum Gasteiger partial charge on any atom is -0.480 e. The number of carbonyl (C=O) groups is 3. The summed E-state index contributed by atoms with van der Waals surface area (Å²) < 4.78 is 5.62. The highest BCUT2D eigenvalue weighted by Gasteiger charge is 2.29. The van der Waals surface area contributed by atoms with E-state index >= 15 is 0 Å². The number of carboxylic acids is 1. The molecule has 2 aromatic carbocycles. The number of ether oxygens (including phenoxy) is 1. The number of alkyl carbamates (subject to hydrolysis) is 1. The fraction of sp³-hybridized carbons (Fsp3) is 0.464. The summed E-state index contributed by atoms with van der Waals surface area (Å²) >= 11 is 0. The maximum atomic E-state index is 12.7. The molecule has 35 heavy (non-hydrogen) atoms. The van der Waals surface area contributed by atoms with Crippen LogP contribution >= 0.6 is 0 Å². The fourth-order valence-corrected chi connectivity index (χ4v) is 4.61. The monoisotopic (exact) mass is 480 g/mol. The lowest BCUT2D eigenvalue weighted by molar-refractivity contribution is -0.145. The topological polar surface area (TPSA) is 95.9 Å². The number of rotatable bonds is 10. The van der Waals surface area contributed by atoms with Crippen molar-refractivity contribution in [1.29, 1.82) is 0 Å². The summed E-state index contributed by atoms with van der Waals surface area (Å²) in [4.78, 5) is 37.9. The van der Waals surface area contributed by atoms with Crippen molar-refractivity contribution in [2.24, 2.45) is 5.41 Å². The van der Waals surface area contributed by atoms with Crippen molar-refractivity contribution in [3.8, 4) is 11.1 Å². The summed E-state index contributed by atoms with van der Waals surface area (Å²) in [5.74, 6) is -1.28. The average Bonchev–Trinajstić information content (AvgIpc) is 3.12. The highest BCUT2D eigenvalue weighted by atomic mass is 16.5. The molecule has 0 fully saturated rings. The Bertz CT molecular complexity index is 1010. The zero-order valence-corrected chi connectivity index (χ0v) is 21.0. The van der Waals surface area contributed by atoms with E-state index in [1.807, 2.05) is 52.0 Å². The van der Waals surface area contributed by atoms with E-state index in [9.17, 15) is 19.5 Å². The molecule has 2 aromatic rings. The van der Waals surface area contributed by atoms with Crippen LogP contribution in [0.25, 0.3) is 11.1 Å². The van der Waals surface area contributed by atoms with Crippen molar-refractivity contribution in [2.75, 3.05) is 19.7 Å². The smallest absolute Gasteiger partial charge is 0.407 e. The second-order valence-corrected chi connectivity index (χ2v) is 10.3. The highest BCUT2D eigenvalue weighted by molar-refractivity contribution is 5.81. The van der Waals surface area contributed by atoms with E-state index in [1.54, 1.807) is 0 Å². The van der Waals surface area contributed by atoms with E-state index in [-0.39, 0.29) is 42.9 Å². The first-order chi connectivity index (χ1) is 16.6. The van der Waals surface area contributed by atoms with E-state index < -0.39 is 12.1 Å². The number of benzene rings is 2. The molecular formula is C28H36N2O5. The van der Waals surface area contributed by atoms with Gasteiger partial charge in [0.05, 0.1) is 0 Å². The lowest BCUT2D eigenvalue weighted by atomic mass is 9.95. The third-order valence-electron chi connectivity index (χ3n) is 6.21. The highest BCUT2D eigenvalue weighted by Crippen LogP contribution is 2.44. The number of nitrogens with zero attached hydrogens (tertiary/aromatic N) is 1. The predicted octanol–water partition coefficient (Wildman–Crippen LogP) is 5.04. The minimum absolute atomic E-state index is 0.0169. The molecule has 1 atom stereocenters. The zero-order chi connectivity index (χ0) is 25.6. The van der Waals surface area contributed by atoms with Crippen molar-refractivity contribution < 1.29 is 24.2 Å². The van der Waals surface area contributed by atoms with Crippen LogP contribution in [0.4, 0.5) is 4.79 Å². The largest absolute Gasteiger partial charge is 0.480 e. The second kappa shape index (κ2) is 11.4. The summed E-state index contributed by atoms with van der Waals surface area (Å²) in [6.07, 6.45) is 0.698. The molecule has 1 aliphatic rings. The number of aliphatic carboxylic acids is 1. The lowest BCUT2D eigenvalue weighted by Gasteiger charge is -2.29. The molecule has 0 aliphatic heterocycles. The first kappa shape index (κ1) is 26.3. The molecule has 2 amide bonds. The van der Waals surface area contributed by atoms with Crippen LogP contribution in [0.1, 0.15) is 64.0 Å². The Morgan fingerprint density at radius 2 is 1.60 bits per heavy atom. The number of amides is 2. The Balaban J connectivity index is 1.55. The Morgan fingerprint density at radius 3 is 2.11 bits per heavy atom. The van der Waals surface area contributed by atoms with Gasteiger partial charge in [0.25, 0.3) is 0 Å². The second-order valence-electron chi connectivity index (χ2n) is 10.3. The maximum Gasteiger partial charge on any atom is 0.407 e. The fourth-order valence-electron chi connectivity index (χ4n) is 4.61. The minimum atomic E-state index is -1.04. The van der Waals surface area contributed by atoms with Crippen molar-refractivity contribution in [2.45, 2.75) is 58.9 Å². The van der Waals surface area contributed by atoms with Crippen LogP contribution in [0.3, 0.4) is 0 Å². The Kier molecular flexibility index (Phi) is 8.54. The molecule has 0 heterocycles. The summed E-state index contributed by atoms with van der Waals surface area (Å²) in [5, 5.41) is 12.0. The molecule has 1 aliphatic carbocycles. The first-order valence-corrected chi connectivity index (χ1v) is 12.2. The van der Waals surface area contributed by atoms with E-state index in [0.29, 0.717) is 19.4 Å². The molecule has 0 aromatic heterocycles. The molecule has 0 radical (unpaired) electrons. The van der Waals surface area contributed by atoms with Gasteiger partial charge in [0.1, 0.15) is 13.2 Å². The summed E-state index contributed by atoms with van der Waals surface area (Å²) in [6, 6.07) is 16.1. The van der Waals surface area contributed by atoms with Gasteiger partial charge in [0.2, 0.25) is 5.91 Å². The molecular weight excluding hydrogens is 444 g/mol. The van der Waals surface area contributed by atoms with Crippen LogP contribution in [0, 0.1) is 5.41 Å². The van der Waals surface area contributed by atoms with Crippen LogP contribution in [-0.4, -0.2) is 53.7 Å². The first-order valence-electron chi connectivity index (χ1n) is 12.2. The molecule has 2 N–H and O–H groups in total. The van der Waals surface area contributed by atoms with Gasteiger partial charge >= 0.3 is 12.1 Å². The maximum absolute atomic E-state index is 12.7. The van der Waals surface area contributed by atoms with Crippen LogP contribution < -0.4 is 5.32 Å². The van der Waals surface area contributed by atoms with Gasteiger partial charge in [-0.25, -0.2) is 4.79 Å².